The Balaban J connectivity index is 1.70. The fraction of sp³-hybridized carbons (Fsp3) is 0.923. The zero-order valence-corrected chi connectivity index (χ0v) is 9.08. The van der Waals surface area contributed by atoms with Crippen LogP contribution < -0.4 is 0 Å². The van der Waals surface area contributed by atoms with Crippen molar-refractivity contribution in [2.45, 2.75) is 50.5 Å². The van der Waals surface area contributed by atoms with Gasteiger partial charge in [-0.05, 0) is 56.3 Å². The highest BCUT2D eigenvalue weighted by Gasteiger charge is 2.63. The molecule has 0 unspecified atom stereocenters. The molecule has 2 nitrogen and oxygen atoms in total. The maximum Gasteiger partial charge on any atom is 0.306 e. The summed E-state index contributed by atoms with van der Waals surface area (Å²) in [6.45, 7) is 0. The van der Waals surface area contributed by atoms with E-state index in [-0.39, 0.29) is 11.6 Å². The first-order valence-electron chi connectivity index (χ1n) is 6.50. The highest BCUT2D eigenvalue weighted by atomic mass is 16.6. The van der Waals surface area contributed by atoms with Crippen LogP contribution in [0.1, 0.15) is 44.9 Å². The quantitative estimate of drug-likeness (QED) is 0.569. The lowest BCUT2D eigenvalue weighted by Crippen LogP contribution is -2.38. The lowest BCUT2D eigenvalue weighted by atomic mass is 9.75. The smallest absolute Gasteiger partial charge is 0.306 e. The summed E-state index contributed by atoms with van der Waals surface area (Å²) in [7, 11) is 0. The standard InChI is InChI=1S/C13H18O2/c14-11-4-6-13(15-11)5-3-10-8-1-2-9(7-8)12(10)13/h8-10,12H,1-7H2/t8-,9-,10+,12-,13-/m0/s1. The lowest BCUT2D eigenvalue weighted by molar-refractivity contribution is -0.153. The number of carbonyl (C=O) groups excluding carboxylic acids is 1. The maximum absolute atomic E-state index is 11.4. The molecular formula is C13H18O2. The Morgan fingerprint density at radius 1 is 1.13 bits per heavy atom. The molecular weight excluding hydrogens is 188 g/mol. The molecule has 2 heteroatoms. The topological polar surface area (TPSA) is 26.3 Å². The van der Waals surface area contributed by atoms with Crippen molar-refractivity contribution in [3.8, 4) is 0 Å². The van der Waals surface area contributed by atoms with Gasteiger partial charge in [0.05, 0.1) is 0 Å². The van der Waals surface area contributed by atoms with Crippen LogP contribution in [0.15, 0.2) is 0 Å². The van der Waals surface area contributed by atoms with Gasteiger partial charge in [0, 0.05) is 12.3 Å². The van der Waals surface area contributed by atoms with E-state index in [1.807, 2.05) is 0 Å². The van der Waals surface area contributed by atoms with Crippen LogP contribution in [0.4, 0.5) is 0 Å². The van der Waals surface area contributed by atoms with Gasteiger partial charge >= 0.3 is 5.97 Å². The fourth-order valence-electron chi connectivity index (χ4n) is 5.28. The molecule has 4 rings (SSSR count). The molecule has 1 spiro atoms. The first-order valence-corrected chi connectivity index (χ1v) is 6.50. The van der Waals surface area contributed by atoms with Crippen molar-refractivity contribution in [2.24, 2.45) is 23.7 Å². The summed E-state index contributed by atoms with van der Waals surface area (Å²) in [5, 5.41) is 0. The first kappa shape index (κ1) is 8.60. The van der Waals surface area contributed by atoms with Crippen molar-refractivity contribution in [3.05, 3.63) is 0 Å². The average molecular weight is 206 g/mol. The largest absolute Gasteiger partial charge is 0.459 e. The van der Waals surface area contributed by atoms with Crippen molar-refractivity contribution in [1.82, 2.24) is 0 Å². The van der Waals surface area contributed by atoms with Crippen molar-refractivity contribution >= 4 is 5.97 Å². The molecule has 0 radical (unpaired) electrons. The van der Waals surface area contributed by atoms with Gasteiger partial charge in [-0.25, -0.2) is 0 Å². The van der Waals surface area contributed by atoms with Crippen LogP contribution in [-0.4, -0.2) is 11.6 Å². The monoisotopic (exact) mass is 206 g/mol. The van der Waals surface area contributed by atoms with Crippen molar-refractivity contribution in [1.29, 1.82) is 0 Å². The van der Waals surface area contributed by atoms with Crippen LogP contribution in [0.5, 0.6) is 0 Å². The van der Waals surface area contributed by atoms with Crippen molar-refractivity contribution in [2.75, 3.05) is 0 Å². The summed E-state index contributed by atoms with van der Waals surface area (Å²) in [6, 6.07) is 0. The van der Waals surface area contributed by atoms with Gasteiger partial charge in [0.1, 0.15) is 5.60 Å². The normalized spacial score (nSPS) is 56.4. The van der Waals surface area contributed by atoms with Crippen LogP contribution in [0.2, 0.25) is 0 Å². The summed E-state index contributed by atoms with van der Waals surface area (Å²) in [6.07, 6.45) is 8.51. The molecule has 0 aromatic heterocycles. The van der Waals surface area contributed by atoms with E-state index in [0.29, 0.717) is 6.42 Å². The van der Waals surface area contributed by atoms with Crippen LogP contribution >= 0.6 is 0 Å². The molecule has 0 N–H and O–H groups in total. The number of carbonyl (C=O) groups is 1. The van der Waals surface area contributed by atoms with E-state index in [1.54, 1.807) is 0 Å². The highest BCUT2D eigenvalue weighted by molar-refractivity contribution is 5.72. The molecule has 3 aliphatic carbocycles. The number of hydrogen-bond acceptors (Lipinski definition) is 2. The van der Waals surface area contributed by atoms with Gasteiger partial charge in [-0.3, -0.25) is 4.79 Å². The Morgan fingerprint density at radius 3 is 2.80 bits per heavy atom. The number of rotatable bonds is 0. The minimum atomic E-state index is 0.0155. The molecule has 0 aromatic carbocycles. The van der Waals surface area contributed by atoms with Gasteiger partial charge < -0.3 is 4.74 Å². The lowest BCUT2D eigenvalue weighted by Gasteiger charge is -2.35. The van der Waals surface area contributed by atoms with Gasteiger partial charge in [-0.15, -0.1) is 0 Å². The predicted molar refractivity (Wildman–Crippen MR) is 55.1 cm³/mol. The molecule has 82 valence electrons. The number of fused-ring (bicyclic) bond motifs is 6. The molecule has 4 fully saturated rings. The summed E-state index contributed by atoms with van der Waals surface area (Å²) < 4.78 is 5.74. The van der Waals surface area contributed by atoms with E-state index in [4.69, 9.17) is 4.74 Å². The number of esters is 1. The van der Waals surface area contributed by atoms with Crippen LogP contribution in [-0.2, 0) is 9.53 Å². The van der Waals surface area contributed by atoms with E-state index in [1.165, 1.54) is 32.1 Å². The minimum Gasteiger partial charge on any atom is -0.459 e. The van der Waals surface area contributed by atoms with Gasteiger partial charge in [0.15, 0.2) is 0 Å². The van der Waals surface area contributed by atoms with Gasteiger partial charge in [0.25, 0.3) is 0 Å². The van der Waals surface area contributed by atoms with E-state index < -0.39 is 0 Å². The number of hydrogen-bond donors (Lipinski definition) is 0. The van der Waals surface area contributed by atoms with Crippen LogP contribution in [0.3, 0.4) is 0 Å². The summed E-state index contributed by atoms with van der Waals surface area (Å²) in [5.74, 6) is 3.61. The average Bonchev–Trinajstić information content (AvgIpc) is 2.92. The molecule has 1 saturated heterocycles. The summed E-state index contributed by atoms with van der Waals surface area (Å²) >= 11 is 0. The van der Waals surface area contributed by atoms with Gasteiger partial charge in [-0.2, -0.15) is 0 Å². The Morgan fingerprint density at radius 2 is 2.00 bits per heavy atom. The van der Waals surface area contributed by atoms with Crippen LogP contribution in [0.25, 0.3) is 0 Å². The number of ether oxygens (including phenoxy) is 1. The van der Waals surface area contributed by atoms with Crippen LogP contribution in [0, 0.1) is 23.7 Å². The zero-order valence-electron chi connectivity index (χ0n) is 9.08. The molecule has 0 amide bonds. The molecule has 3 saturated carbocycles. The second-order valence-corrected chi connectivity index (χ2v) is 6.10. The van der Waals surface area contributed by atoms with E-state index in [0.717, 1.165) is 30.1 Å². The van der Waals surface area contributed by atoms with E-state index in [9.17, 15) is 4.79 Å². The Bertz CT molecular complexity index is 324. The second-order valence-electron chi connectivity index (χ2n) is 6.10. The molecule has 2 bridgehead atoms. The molecule has 1 aliphatic heterocycles. The maximum atomic E-state index is 11.4. The molecule has 4 aliphatic rings. The molecule has 1 heterocycles. The minimum absolute atomic E-state index is 0.0155. The third-order valence-corrected chi connectivity index (χ3v) is 5.67. The third kappa shape index (κ3) is 0.938. The van der Waals surface area contributed by atoms with Gasteiger partial charge in [-0.1, -0.05) is 0 Å². The molecule has 0 aromatic rings. The van der Waals surface area contributed by atoms with E-state index in [2.05, 4.69) is 0 Å². The summed E-state index contributed by atoms with van der Waals surface area (Å²) in [5.41, 5.74) is 0.0155. The fourth-order valence-corrected chi connectivity index (χ4v) is 5.28. The molecule has 15 heavy (non-hydrogen) atoms. The van der Waals surface area contributed by atoms with Crippen molar-refractivity contribution in [3.63, 3.8) is 0 Å². The first-order chi connectivity index (χ1) is 7.28. The highest BCUT2D eigenvalue weighted by Crippen LogP contribution is 2.64. The van der Waals surface area contributed by atoms with Gasteiger partial charge in [0.2, 0.25) is 0 Å². The SMILES string of the molecule is O=C1CC[C@]2(CC[C@@H]3[C@H]4CC[C@@H](C4)[C@@H]32)O1. The summed E-state index contributed by atoms with van der Waals surface area (Å²) in [4.78, 5) is 11.4. The predicted octanol–water partition coefficient (Wildman–Crippen LogP) is 2.52. The Labute approximate surface area is 90.4 Å². The molecule has 5 atom stereocenters. The van der Waals surface area contributed by atoms with Crippen molar-refractivity contribution < 1.29 is 9.53 Å². The third-order valence-electron chi connectivity index (χ3n) is 5.67. The second kappa shape index (κ2) is 2.58. The zero-order chi connectivity index (χ0) is 10.0. The Kier molecular flexibility index (Phi) is 1.48. The van der Waals surface area contributed by atoms with E-state index >= 15 is 0 Å². The Hall–Kier alpha value is -0.530.